The van der Waals surface area contributed by atoms with Crippen molar-refractivity contribution >= 4 is 22.8 Å². The molecule has 1 aliphatic rings. The van der Waals surface area contributed by atoms with Crippen LogP contribution in [0.2, 0.25) is 0 Å². The molecule has 0 unspecified atom stereocenters. The maximum atomic E-state index is 12.3. The van der Waals surface area contributed by atoms with Crippen molar-refractivity contribution in [2.45, 2.75) is 32.2 Å². The number of hydrogen-bond donors (Lipinski definition) is 2. The van der Waals surface area contributed by atoms with Gasteiger partial charge in [-0.15, -0.1) is 10.2 Å². The number of carbonyl (C=O) groups excluding carboxylic acids is 1. The number of anilines is 1. The summed E-state index contributed by atoms with van der Waals surface area (Å²) in [6, 6.07) is 7.98. The van der Waals surface area contributed by atoms with E-state index < -0.39 is 0 Å². The molecule has 2 N–H and O–H groups in total. The van der Waals surface area contributed by atoms with Gasteiger partial charge < -0.3 is 4.98 Å². The van der Waals surface area contributed by atoms with Crippen LogP contribution in [0.5, 0.6) is 0 Å². The molecular weight excluding hydrogens is 278 g/mol. The fourth-order valence-corrected chi connectivity index (χ4v) is 3.02. The van der Waals surface area contributed by atoms with Gasteiger partial charge in [-0.1, -0.05) is 18.2 Å². The maximum Gasteiger partial charge on any atom is 0.231 e. The monoisotopic (exact) mass is 295 g/mol. The van der Waals surface area contributed by atoms with Crippen molar-refractivity contribution in [2.24, 2.45) is 0 Å². The minimum Gasteiger partial charge on any atom is -0.361 e. The van der Waals surface area contributed by atoms with Crippen LogP contribution in [0.15, 0.2) is 30.5 Å². The third-order valence-electron chi connectivity index (χ3n) is 4.14. The van der Waals surface area contributed by atoms with Crippen molar-refractivity contribution in [3.8, 4) is 0 Å². The molecule has 0 fully saturated rings. The average Bonchev–Trinajstić information content (AvgIpc) is 3.13. The number of carbonyl (C=O) groups is 1. The highest BCUT2D eigenvalue weighted by Crippen LogP contribution is 2.20. The van der Waals surface area contributed by atoms with Gasteiger partial charge in [-0.25, -0.2) is 0 Å². The predicted molar refractivity (Wildman–Crippen MR) is 83.6 cm³/mol. The number of benzene rings is 1. The summed E-state index contributed by atoms with van der Waals surface area (Å²) < 4.78 is 2.01. The topological polar surface area (TPSA) is 75.6 Å². The predicted octanol–water partition coefficient (Wildman–Crippen LogP) is 2.28. The summed E-state index contributed by atoms with van der Waals surface area (Å²) in [4.78, 5) is 15.5. The zero-order valence-corrected chi connectivity index (χ0v) is 12.2. The molecule has 6 nitrogen and oxygen atoms in total. The van der Waals surface area contributed by atoms with E-state index in [0.717, 1.165) is 48.1 Å². The van der Waals surface area contributed by atoms with Crippen molar-refractivity contribution in [3.63, 3.8) is 0 Å². The van der Waals surface area contributed by atoms with Crippen molar-refractivity contribution in [2.75, 3.05) is 5.32 Å². The molecule has 112 valence electrons. The third-order valence-corrected chi connectivity index (χ3v) is 4.14. The van der Waals surface area contributed by atoms with E-state index in [4.69, 9.17) is 0 Å². The summed E-state index contributed by atoms with van der Waals surface area (Å²) in [7, 11) is 0. The van der Waals surface area contributed by atoms with Crippen molar-refractivity contribution in [1.29, 1.82) is 0 Å². The smallest absolute Gasteiger partial charge is 0.231 e. The van der Waals surface area contributed by atoms with Gasteiger partial charge in [-0.05, 0) is 24.5 Å². The Kier molecular flexibility index (Phi) is 3.14. The second kappa shape index (κ2) is 5.29. The number of aromatic nitrogens is 4. The van der Waals surface area contributed by atoms with Gasteiger partial charge in [0.15, 0.2) is 0 Å². The van der Waals surface area contributed by atoms with E-state index in [1.807, 2.05) is 35.0 Å². The van der Waals surface area contributed by atoms with Crippen LogP contribution < -0.4 is 5.32 Å². The first-order chi connectivity index (χ1) is 10.8. The third kappa shape index (κ3) is 2.26. The number of para-hydroxylation sites is 1. The van der Waals surface area contributed by atoms with E-state index in [2.05, 4.69) is 20.5 Å². The number of nitrogens with one attached hydrogen (secondary N) is 2. The molecule has 1 aromatic carbocycles. The molecular formula is C16H17N5O. The van der Waals surface area contributed by atoms with Crippen LogP contribution in [0.1, 0.15) is 24.2 Å². The normalized spacial score (nSPS) is 14.0. The minimum atomic E-state index is -0.0643. The van der Waals surface area contributed by atoms with Crippen molar-refractivity contribution < 1.29 is 4.79 Å². The lowest BCUT2D eigenvalue weighted by Crippen LogP contribution is -2.20. The molecule has 2 aromatic heterocycles. The standard InChI is InChI=1S/C16H17N5O/c22-15(9-11-10-17-13-6-2-1-5-12(11)13)18-16-20-19-14-7-3-4-8-21(14)16/h1-2,5-6,10,17H,3-4,7-9H2,(H,18,20,22). The Bertz CT molecular complexity index is 832. The van der Waals surface area contributed by atoms with Crippen LogP contribution in [0, 0.1) is 0 Å². The molecule has 0 radical (unpaired) electrons. The van der Waals surface area contributed by atoms with Crippen LogP contribution in [0.3, 0.4) is 0 Å². The molecule has 1 amide bonds. The molecule has 0 saturated heterocycles. The minimum absolute atomic E-state index is 0.0643. The number of amides is 1. The molecule has 22 heavy (non-hydrogen) atoms. The van der Waals surface area contributed by atoms with Crippen LogP contribution in [-0.4, -0.2) is 25.7 Å². The van der Waals surface area contributed by atoms with Crippen molar-refractivity contribution in [3.05, 3.63) is 41.9 Å². The summed E-state index contributed by atoms with van der Waals surface area (Å²) in [5.74, 6) is 1.47. The summed E-state index contributed by atoms with van der Waals surface area (Å²) >= 11 is 0. The van der Waals surface area contributed by atoms with Gasteiger partial charge in [0.05, 0.1) is 6.42 Å². The number of fused-ring (bicyclic) bond motifs is 2. The molecule has 1 aliphatic heterocycles. The Hall–Kier alpha value is -2.63. The lowest BCUT2D eigenvalue weighted by Gasteiger charge is -2.14. The van der Waals surface area contributed by atoms with Crippen LogP contribution in [0.4, 0.5) is 5.95 Å². The van der Waals surface area contributed by atoms with Gasteiger partial charge in [0.2, 0.25) is 11.9 Å². The first-order valence-electron chi connectivity index (χ1n) is 7.58. The number of H-pyrrole nitrogens is 1. The molecule has 0 aliphatic carbocycles. The Morgan fingerprint density at radius 1 is 1.27 bits per heavy atom. The van der Waals surface area contributed by atoms with Gasteiger partial charge in [-0.2, -0.15) is 0 Å². The van der Waals surface area contributed by atoms with Gasteiger partial charge in [0, 0.05) is 30.1 Å². The zero-order chi connectivity index (χ0) is 14.9. The van der Waals surface area contributed by atoms with Crippen LogP contribution in [-0.2, 0) is 24.2 Å². The summed E-state index contributed by atoms with van der Waals surface area (Å²) in [6.07, 6.45) is 5.40. The first-order valence-corrected chi connectivity index (χ1v) is 7.58. The second-order valence-electron chi connectivity index (χ2n) is 5.63. The molecule has 0 saturated carbocycles. The van der Waals surface area contributed by atoms with E-state index in [-0.39, 0.29) is 5.91 Å². The van der Waals surface area contributed by atoms with E-state index in [1.165, 1.54) is 0 Å². The quantitative estimate of drug-likeness (QED) is 0.778. The number of nitrogens with zero attached hydrogens (tertiary/aromatic N) is 3. The lowest BCUT2D eigenvalue weighted by molar-refractivity contribution is -0.115. The SMILES string of the molecule is O=C(Cc1c[nH]c2ccccc12)Nc1nnc2n1CCCC2. The Morgan fingerprint density at radius 2 is 2.18 bits per heavy atom. The van der Waals surface area contributed by atoms with E-state index >= 15 is 0 Å². The Labute approximate surface area is 127 Å². The average molecular weight is 295 g/mol. The first kappa shape index (κ1) is 13.1. The summed E-state index contributed by atoms with van der Waals surface area (Å²) in [5.41, 5.74) is 2.04. The van der Waals surface area contributed by atoms with E-state index in [1.54, 1.807) is 0 Å². The molecule has 4 rings (SSSR count). The summed E-state index contributed by atoms with van der Waals surface area (Å²) in [6.45, 7) is 0.880. The van der Waals surface area contributed by atoms with E-state index in [9.17, 15) is 4.79 Å². The largest absolute Gasteiger partial charge is 0.361 e. The maximum absolute atomic E-state index is 12.3. The Morgan fingerprint density at radius 3 is 3.14 bits per heavy atom. The van der Waals surface area contributed by atoms with Crippen LogP contribution in [0.25, 0.3) is 10.9 Å². The molecule has 0 spiro atoms. The van der Waals surface area contributed by atoms with Crippen molar-refractivity contribution in [1.82, 2.24) is 19.7 Å². The fraction of sp³-hybridized carbons (Fsp3) is 0.312. The molecule has 0 atom stereocenters. The molecule has 3 heterocycles. The number of aromatic amines is 1. The second-order valence-corrected chi connectivity index (χ2v) is 5.63. The Balaban J connectivity index is 1.52. The molecule has 0 bridgehead atoms. The van der Waals surface area contributed by atoms with Gasteiger partial charge in [0.1, 0.15) is 5.82 Å². The highest BCUT2D eigenvalue weighted by molar-refractivity contribution is 5.94. The zero-order valence-electron chi connectivity index (χ0n) is 12.2. The lowest BCUT2D eigenvalue weighted by atomic mass is 10.1. The van der Waals surface area contributed by atoms with Crippen LogP contribution >= 0.6 is 0 Å². The van der Waals surface area contributed by atoms with Gasteiger partial charge in [0.25, 0.3) is 0 Å². The molecule has 3 aromatic rings. The fourth-order valence-electron chi connectivity index (χ4n) is 3.02. The van der Waals surface area contributed by atoms with Gasteiger partial charge in [-0.3, -0.25) is 14.7 Å². The van der Waals surface area contributed by atoms with E-state index in [0.29, 0.717) is 12.4 Å². The highest BCUT2D eigenvalue weighted by atomic mass is 16.1. The number of rotatable bonds is 3. The van der Waals surface area contributed by atoms with Gasteiger partial charge >= 0.3 is 0 Å². The number of aryl methyl sites for hydroxylation is 1. The summed E-state index contributed by atoms with van der Waals surface area (Å²) in [5, 5.41) is 12.2. The highest BCUT2D eigenvalue weighted by Gasteiger charge is 2.17. The molecule has 6 heteroatoms. The number of hydrogen-bond acceptors (Lipinski definition) is 3.